The summed E-state index contributed by atoms with van der Waals surface area (Å²) in [6, 6.07) is 11.5. The van der Waals surface area contributed by atoms with Gasteiger partial charge in [-0.1, -0.05) is 23.4 Å². The van der Waals surface area contributed by atoms with E-state index in [1.165, 1.54) is 6.33 Å². The Morgan fingerprint density at radius 2 is 1.92 bits per heavy atom. The minimum absolute atomic E-state index is 0.0496. The lowest BCUT2D eigenvalue weighted by Gasteiger charge is -2.28. The second-order valence-corrected chi connectivity index (χ2v) is 6.89. The van der Waals surface area contributed by atoms with Gasteiger partial charge in [-0.15, -0.1) is 0 Å². The van der Waals surface area contributed by atoms with E-state index in [1.807, 2.05) is 36.4 Å². The number of halogens is 1. The van der Waals surface area contributed by atoms with Crippen LogP contribution in [0.25, 0.3) is 4.91 Å². The van der Waals surface area contributed by atoms with Gasteiger partial charge in [-0.25, -0.2) is 4.98 Å². The van der Waals surface area contributed by atoms with Crippen LogP contribution in [0.3, 0.4) is 0 Å². The van der Waals surface area contributed by atoms with Crippen LogP contribution in [-0.2, 0) is 0 Å². The summed E-state index contributed by atoms with van der Waals surface area (Å²) in [5.74, 6) is 0.643. The molecule has 1 unspecified atom stereocenters. The third-order valence-corrected chi connectivity index (χ3v) is 5.52. The number of aromatic amines is 1. The Bertz CT molecular complexity index is 883. The minimum atomic E-state index is -0.118. The van der Waals surface area contributed by atoms with Crippen LogP contribution in [0.2, 0.25) is 5.02 Å². The van der Waals surface area contributed by atoms with Gasteiger partial charge in [0, 0.05) is 23.1 Å². The molecule has 1 aliphatic heterocycles. The van der Waals surface area contributed by atoms with Crippen molar-refractivity contribution in [3.05, 3.63) is 77.2 Å². The molecule has 0 aliphatic carbocycles. The third kappa shape index (κ3) is 3.02. The quantitative estimate of drug-likeness (QED) is 0.731. The van der Waals surface area contributed by atoms with E-state index in [0.717, 1.165) is 21.9 Å². The number of benzene rings is 1. The van der Waals surface area contributed by atoms with E-state index >= 15 is 0 Å². The first-order valence-corrected chi connectivity index (χ1v) is 8.85. The Hall–Kier alpha value is -2.35. The van der Waals surface area contributed by atoms with E-state index in [0.29, 0.717) is 10.8 Å². The predicted molar refractivity (Wildman–Crippen MR) is 98.9 cm³/mol. The largest absolute Gasteiger partial charge is 0.390 e. The maximum Gasteiger partial charge on any atom is 0.163 e. The first-order valence-electron chi connectivity index (χ1n) is 7.59. The zero-order valence-electron chi connectivity index (χ0n) is 13.0. The van der Waals surface area contributed by atoms with Crippen LogP contribution in [0.15, 0.2) is 60.8 Å². The van der Waals surface area contributed by atoms with Gasteiger partial charge in [0.2, 0.25) is 0 Å². The summed E-state index contributed by atoms with van der Waals surface area (Å²) in [6.07, 6.45) is 4.99. The highest BCUT2D eigenvalue weighted by Gasteiger charge is 2.36. The summed E-state index contributed by atoms with van der Waals surface area (Å²) in [7, 11) is 0. The highest BCUT2D eigenvalue weighted by Crippen LogP contribution is 2.52. The van der Waals surface area contributed by atoms with Gasteiger partial charge >= 0.3 is 0 Å². The first-order chi connectivity index (χ1) is 12.3. The van der Waals surface area contributed by atoms with Crippen molar-refractivity contribution >= 4 is 34.0 Å². The van der Waals surface area contributed by atoms with E-state index in [2.05, 4.69) is 25.1 Å². The molecule has 1 aromatic carbocycles. The maximum absolute atomic E-state index is 10.1. The lowest BCUT2D eigenvalue weighted by Crippen LogP contribution is -2.24. The number of nitrogens with one attached hydrogen (secondary N) is 1. The highest BCUT2D eigenvalue weighted by molar-refractivity contribution is 8.09. The Morgan fingerprint density at radius 1 is 1.16 bits per heavy atom. The molecule has 8 heteroatoms. The summed E-state index contributed by atoms with van der Waals surface area (Å²) >= 11 is 7.65. The number of hydrogen-bond acceptors (Lipinski definition) is 6. The van der Waals surface area contributed by atoms with E-state index in [4.69, 9.17) is 11.6 Å². The number of thioether (sulfide) groups is 1. The average Bonchev–Trinajstić information content (AvgIpc) is 3.30. The van der Waals surface area contributed by atoms with Gasteiger partial charge in [0.1, 0.15) is 11.7 Å². The van der Waals surface area contributed by atoms with Gasteiger partial charge in [-0.2, -0.15) is 5.10 Å². The van der Waals surface area contributed by atoms with E-state index in [1.54, 1.807) is 24.2 Å². The molecule has 126 valence electrons. The molecule has 0 radical (unpaired) electrons. The van der Waals surface area contributed by atoms with Crippen molar-refractivity contribution < 1.29 is 5.11 Å². The number of aliphatic hydroxyl groups excluding tert-OH is 1. The fourth-order valence-corrected chi connectivity index (χ4v) is 4.28. The summed E-state index contributed by atoms with van der Waals surface area (Å²) < 4.78 is 0. The number of nitrogens with zero attached hydrogens (tertiary/aromatic N) is 4. The molecule has 25 heavy (non-hydrogen) atoms. The van der Waals surface area contributed by atoms with Crippen LogP contribution in [0, 0.1) is 0 Å². The number of pyridine rings is 1. The molecule has 2 N–H and O–H groups in total. The molecule has 0 saturated carbocycles. The smallest absolute Gasteiger partial charge is 0.163 e. The summed E-state index contributed by atoms with van der Waals surface area (Å²) in [4.78, 5) is 11.3. The van der Waals surface area contributed by atoms with Gasteiger partial charge < -0.3 is 10.0 Å². The molecule has 3 aromatic rings. The Kier molecular flexibility index (Phi) is 4.44. The molecule has 0 saturated heterocycles. The van der Waals surface area contributed by atoms with Crippen molar-refractivity contribution in [3.63, 3.8) is 0 Å². The fraction of sp³-hybridized carbons (Fsp3) is 0.118. The highest BCUT2D eigenvalue weighted by atomic mass is 35.5. The molecule has 6 nitrogen and oxygen atoms in total. The predicted octanol–water partition coefficient (Wildman–Crippen LogP) is 3.47. The Morgan fingerprint density at radius 3 is 2.56 bits per heavy atom. The molecule has 3 heterocycles. The minimum Gasteiger partial charge on any atom is -0.390 e. The molecule has 1 aliphatic rings. The normalized spacial score (nSPS) is 17.4. The van der Waals surface area contributed by atoms with Crippen molar-refractivity contribution in [2.45, 2.75) is 5.37 Å². The number of aromatic nitrogens is 4. The lowest BCUT2D eigenvalue weighted by atomic mass is 10.2. The monoisotopic (exact) mass is 371 g/mol. The van der Waals surface area contributed by atoms with Crippen LogP contribution in [0.1, 0.15) is 16.8 Å². The number of hydrogen-bond donors (Lipinski definition) is 2. The third-order valence-electron chi connectivity index (χ3n) is 3.89. The van der Waals surface area contributed by atoms with Crippen LogP contribution in [-0.4, -0.2) is 31.9 Å². The molecule has 1 atom stereocenters. The van der Waals surface area contributed by atoms with Crippen molar-refractivity contribution in [2.24, 2.45) is 0 Å². The SMILES string of the molecule is OCC1=C(c2ncn[nH]2)SC(c2ccncc2)N1c1ccc(Cl)cc1. The summed E-state index contributed by atoms with van der Waals surface area (Å²) in [5.41, 5.74) is 2.79. The first kappa shape index (κ1) is 16.1. The maximum atomic E-state index is 10.1. The molecule has 0 spiro atoms. The molecule has 0 bridgehead atoms. The van der Waals surface area contributed by atoms with Crippen molar-refractivity contribution in [3.8, 4) is 0 Å². The summed E-state index contributed by atoms with van der Waals surface area (Å²) in [5, 5.41) is 17.5. The van der Waals surface area contributed by atoms with Crippen LogP contribution in [0.4, 0.5) is 5.69 Å². The van der Waals surface area contributed by atoms with Crippen LogP contribution < -0.4 is 4.90 Å². The van der Waals surface area contributed by atoms with Gasteiger partial charge in [-0.3, -0.25) is 10.1 Å². The van der Waals surface area contributed by atoms with E-state index in [-0.39, 0.29) is 12.0 Å². The molecule has 0 fully saturated rings. The molecule has 2 aromatic heterocycles. The Balaban J connectivity index is 1.84. The van der Waals surface area contributed by atoms with Gasteiger partial charge in [0.05, 0.1) is 17.2 Å². The lowest BCUT2D eigenvalue weighted by molar-refractivity contribution is 0.328. The van der Waals surface area contributed by atoms with Gasteiger partial charge in [0.15, 0.2) is 5.82 Å². The molecular weight excluding hydrogens is 358 g/mol. The zero-order chi connectivity index (χ0) is 17.2. The molecule has 0 amide bonds. The second-order valence-electron chi connectivity index (χ2n) is 5.37. The Labute approximate surface area is 153 Å². The zero-order valence-corrected chi connectivity index (χ0v) is 14.6. The van der Waals surface area contributed by atoms with Crippen molar-refractivity contribution in [1.29, 1.82) is 0 Å². The summed E-state index contributed by atoms with van der Waals surface area (Å²) in [6.45, 7) is -0.118. The molecular formula is C17H14ClN5OS. The van der Waals surface area contributed by atoms with E-state index < -0.39 is 0 Å². The fourth-order valence-electron chi connectivity index (χ4n) is 2.78. The van der Waals surface area contributed by atoms with Crippen LogP contribution >= 0.6 is 23.4 Å². The molecule has 4 rings (SSSR count). The number of aliphatic hydroxyl groups is 1. The van der Waals surface area contributed by atoms with Crippen LogP contribution in [0.5, 0.6) is 0 Å². The number of rotatable bonds is 4. The van der Waals surface area contributed by atoms with Gasteiger partial charge in [-0.05, 0) is 42.0 Å². The standard InChI is InChI=1S/C17H14ClN5OS/c18-12-1-3-13(4-2-12)23-14(9-24)15(16-20-10-21-22-16)25-17(23)11-5-7-19-8-6-11/h1-8,10,17,24H,9H2,(H,20,21,22). The topological polar surface area (TPSA) is 77.9 Å². The number of anilines is 1. The number of H-pyrrole nitrogens is 1. The second kappa shape index (κ2) is 6.87. The van der Waals surface area contributed by atoms with Crippen molar-refractivity contribution in [1.82, 2.24) is 20.2 Å². The van der Waals surface area contributed by atoms with Crippen molar-refractivity contribution in [2.75, 3.05) is 11.5 Å². The average molecular weight is 372 g/mol. The van der Waals surface area contributed by atoms with E-state index in [9.17, 15) is 5.11 Å². The van der Waals surface area contributed by atoms with Gasteiger partial charge in [0.25, 0.3) is 0 Å².